The van der Waals surface area contributed by atoms with Gasteiger partial charge in [-0.25, -0.2) is 4.79 Å². The molecule has 3 amide bonds. The average Bonchev–Trinajstić information content (AvgIpc) is 2.91. The van der Waals surface area contributed by atoms with Gasteiger partial charge in [-0.2, -0.15) is 11.8 Å². The van der Waals surface area contributed by atoms with E-state index in [4.69, 9.17) is 4.74 Å². The molecule has 8 heteroatoms. The highest BCUT2D eigenvalue weighted by molar-refractivity contribution is 7.98. The lowest BCUT2D eigenvalue weighted by Crippen LogP contribution is -2.55. The summed E-state index contributed by atoms with van der Waals surface area (Å²) in [5.74, 6) is 0.0183. The van der Waals surface area contributed by atoms with Gasteiger partial charge in [0.05, 0.1) is 0 Å². The van der Waals surface area contributed by atoms with Gasteiger partial charge in [0.1, 0.15) is 17.7 Å². The van der Waals surface area contributed by atoms with E-state index in [0.717, 1.165) is 27.5 Å². The molecule has 42 heavy (non-hydrogen) atoms. The van der Waals surface area contributed by atoms with Crippen molar-refractivity contribution in [1.82, 2.24) is 10.2 Å². The molecule has 0 radical (unpaired) electrons. The van der Waals surface area contributed by atoms with E-state index in [9.17, 15) is 14.4 Å². The third kappa shape index (κ3) is 8.99. The van der Waals surface area contributed by atoms with E-state index >= 15 is 0 Å². The molecule has 3 atom stereocenters. The van der Waals surface area contributed by atoms with E-state index in [-0.39, 0.29) is 17.9 Å². The molecule has 3 aromatic carbocycles. The van der Waals surface area contributed by atoms with Crippen molar-refractivity contribution in [3.05, 3.63) is 77.4 Å². The maximum Gasteiger partial charge on any atom is 0.408 e. The Morgan fingerprint density at radius 2 is 1.60 bits per heavy atom. The Morgan fingerprint density at radius 1 is 0.952 bits per heavy atom. The molecule has 0 heterocycles. The number of carbonyl (C=O) groups excluding carboxylic acids is 3. The fraction of sp³-hybridized carbons (Fsp3) is 0.441. The van der Waals surface area contributed by atoms with Crippen LogP contribution in [0, 0.1) is 13.8 Å². The summed E-state index contributed by atoms with van der Waals surface area (Å²) in [6, 6.07) is 17.6. The first-order valence-corrected chi connectivity index (χ1v) is 15.9. The van der Waals surface area contributed by atoms with Crippen LogP contribution in [0.3, 0.4) is 0 Å². The summed E-state index contributed by atoms with van der Waals surface area (Å²) >= 11 is 1.59. The van der Waals surface area contributed by atoms with Gasteiger partial charge in [-0.15, -0.1) is 0 Å². The number of alkyl carbamates (subject to hydrolysis) is 1. The number of nitrogens with one attached hydrogen (secondary N) is 2. The van der Waals surface area contributed by atoms with Crippen molar-refractivity contribution in [2.75, 3.05) is 17.3 Å². The number of hydrogen-bond acceptors (Lipinski definition) is 5. The van der Waals surface area contributed by atoms with Crippen molar-refractivity contribution in [1.29, 1.82) is 0 Å². The SMILES string of the molecule is CCC(C)N(C(=O)C(CCSC)NC(=O)OC(C)(C)C)C(C(=O)Nc1ccc2ccccc2c1)c1cc(C)cc(C)c1. The molecule has 0 aliphatic rings. The molecule has 3 rings (SSSR count). The second-order valence-electron chi connectivity index (χ2n) is 11.9. The second-order valence-corrected chi connectivity index (χ2v) is 12.8. The molecule has 2 N–H and O–H groups in total. The van der Waals surface area contributed by atoms with Gasteiger partial charge >= 0.3 is 6.09 Å². The number of nitrogens with zero attached hydrogens (tertiary/aromatic N) is 1. The highest BCUT2D eigenvalue weighted by Crippen LogP contribution is 2.30. The lowest BCUT2D eigenvalue weighted by Gasteiger charge is -2.38. The zero-order valence-corrected chi connectivity index (χ0v) is 26.9. The van der Waals surface area contributed by atoms with Crippen LogP contribution in [0.25, 0.3) is 10.8 Å². The van der Waals surface area contributed by atoms with Crippen molar-refractivity contribution in [2.45, 2.75) is 85.0 Å². The van der Waals surface area contributed by atoms with Crippen LogP contribution in [0.4, 0.5) is 10.5 Å². The van der Waals surface area contributed by atoms with Gasteiger partial charge in [-0.05, 0) is 94.9 Å². The summed E-state index contributed by atoms with van der Waals surface area (Å²) in [6.07, 6.45) is 2.32. The molecule has 226 valence electrons. The number of benzene rings is 3. The second kappa shape index (κ2) is 14.6. The highest BCUT2D eigenvalue weighted by Gasteiger charge is 2.38. The summed E-state index contributed by atoms with van der Waals surface area (Å²) < 4.78 is 5.50. The summed E-state index contributed by atoms with van der Waals surface area (Å²) in [7, 11) is 0. The quantitative estimate of drug-likeness (QED) is 0.242. The molecule has 0 spiro atoms. The zero-order chi connectivity index (χ0) is 31.0. The number of ether oxygens (including phenoxy) is 1. The minimum absolute atomic E-state index is 0.289. The van der Waals surface area contributed by atoms with Gasteiger partial charge in [0.2, 0.25) is 5.91 Å². The van der Waals surface area contributed by atoms with E-state index in [1.165, 1.54) is 0 Å². The Morgan fingerprint density at radius 3 is 2.19 bits per heavy atom. The van der Waals surface area contributed by atoms with E-state index in [1.807, 2.05) is 94.6 Å². The topological polar surface area (TPSA) is 87.7 Å². The van der Waals surface area contributed by atoms with Crippen LogP contribution in [0.5, 0.6) is 0 Å². The molecule has 0 bridgehead atoms. The van der Waals surface area contributed by atoms with Crippen molar-refractivity contribution in [3.8, 4) is 0 Å². The van der Waals surface area contributed by atoms with Crippen LogP contribution in [-0.2, 0) is 14.3 Å². The normalized spacial score (nSPS) is 13.6. The lowest BCUT2D eigenvalue weighted by atomic mass is 9.96. The summed E-state index contributed by atoms with van der Waals surface area (Å²) in [6.45, 7) is 13.2. The Hall–Kier alpha value is -3.52. The number of anilines is 1. The Bertz CT molecular complexity index is 1380. The van der Waals surface area contributed by atoms with E-state index < -0.39 is 23.8 Å². The average molecular weight is 592 g/mol. The van der Waals surface area contributed by atoms with Crippen LogP contribution in [0.1, 0.15) is 70.2 Å². The molecule has 3 aromatic rings. The minimum atomic E-state index is -0.922. The van der Waals surface area contributed by atoms with Crippen molar-refractivity contribution in [2.24, 2.45) is 0 Å². The molecule has 0 saturated heterocycles. The van der Waals surface area contributed by atoms with Gasteiger partial charge < -0.3 is 20.3 Å². The smallest absolute Gasteiger partial charge is 0.408 e. The van der Waals surface area contributed by atoms with Crippen LogP contribution in [0.2, 0.25) is 0 Å². The predicted octanol–water partition coefficient (Wildman–Crippen LogP) is 7.41. The predicted molar refractivity (Wildman–Crippen MR) is 174 cm³/mol. The maximum atomic E-state index is 14.4. The first-order valence-electron chi connectivity index (χ1n) is 14.5. The van der Waals surface area contributed by atoms with Gasteiger partial charge in [-0.1, -0.05) is 66.6 Å². The first-order chi connectivity index (χ1) is 19.8. The third-order valence-corrected chi connectivity index (χ3v) is 7.67. The van der Waals surface area contributed by atoms with Crippen molar-refractivity contribution in [3.63, 3.8) is 0 Å². The Kier molecular flexibility index (Phi) is 11.5. The number of carbonyl (C=O) groups is 3. The fourth-order valence-corrected chi connectivity index (χ4v) is 5.47. The first kappa shape index (κ1) is 33.0. The summed E-state index contributed by atoms with van der Waals surface area (Å²) in [5, 5.41) is 7.98. The fourth-order valence-electron chi connectivity index (χ4n) is 5.00. The number of amides is 3. The summed E-state index contributed by atoms with van der Waals surface area (Å²) in [5.41, 5.74) is 2.65. The van der Waals surface area contributed by atoms with Crippen LogP contribution >= 0.6 is 11.8 Å². The zero-order valence-electron chi connectivity index (χ0n) is 26.1. The molecule has 0 aliphatic carbocycles. The van der Waals surface area contributed by atoms with Gasteiger partial charge in [0, 0.05) is 11.7 Å². The van der Waals surface area contributed by atoms with Gasteiger partial charge in [-0.3, -0.25) is 9.59 Å². The van der Waals surface area contributed by atoms with Crippen molar-refractivity contribution >= 4 is 46.1 Å². The van der Waals surface area contributed by atoms with E-state index in [2.05, 4.69) is 10.6 Å². The van der Waals surface area contributed by atoms with Crippen LogP contribution in [-0.4, -0.2) is 52.5 Å². The number of fused-ring (bicyclic) bond motifs is 1. The van der Waals surface area contributed by atoms with Gasteiger partial charge in [0.25, 0.3) is 5.91 Å². The summed E-state index contributed by atoms with van der Waals surface area (Å²) in [4.78, 5) is 43.2. The van der Waals surface area contributed by atoms with Crippen LogP contribution < -0.4 is 10.6 Å². The maximum absolute atomic E-state index is 14.4. The number of hydrogen-bond donors (Lipinski definition) is 2. The van der Waals surface area contributed by atoms with Crippen molar-refractivity contribution < 1.29 is 19.1 Å². The molecular formula is C34H45N3O4S. The monoisotopic (exact) mass is 591 g/mol. The lowest BCUT2D eigenvalue weighted by molar-refractivity contribution is -0.143. The Labute approximate surface area is 254 Å². The molecule has 0 saturated carbocycles. The van der Waals surface area contributed by atoms with Gasteiger partial charge in [0.15, 0.2) is 0 Å². The number of aryl methyl sites for hydroxylation is 2. The molecular weight excluding hydrogens is 546 g/mol. The number of thioether (sulfide) groups is 1. The van der Waals surface area contributed by atoms with Crippen LogP contribution in [0.15, 0.2) is 60.7 Å². The molecule has 0 aliphatic heterocycles. The third-order valence-electron chi connectivity index (χ3n) is 7.02. The highest BCUT2D eigenvalue weighted by atomic mass is 32.2. The largest absolute Gasteiger partial charge is 0.444 e. The molecule has 0 aromatic heterocycles. The molecule has 0 fully saturated rings. The van der Waals surface area contributed by atoms with E-state index in [1.54, 1.807) is 37.4 Å². The minimum Gasteiger partial charge on any atom is -0.444 e. The van der Waals surface area contributed by atoms with E-state index in [0.29, 0.717) is 24.3 Å². The molecule has 3 unspecified atom stereocenters. The molecule has 7 nitrogen and oxygen atoms in total. The Balaban J connectivity index is 2.07. The number of rotatable bonds is 11. The standard InChI is InChI=1S/C34H45N3O4S/c1-9-24(4)37(32(39)29(16-17-42-8)36-33(40)41-34(5,6)7)30(27-19-22(2)18-23(3)20-27)31(38)35-28-15-14-25-12-10-11-13-26(25)21-28/h10-15,18-21,24,29-30H,9,16-17H2,1-8H3,(H,35,38)(H,36,40).